The lowest BCUT2D eigenvalue weighted by Crippen LogP contribution is -2.16. The first-order valence-electron chi connectivity index (χ1n) is 10.4. The largest absolute Gasteiger partial charge is 0.236 e. The van der Waals surface area contributed by atoms with Crippen molar-refractivity contribution in [2.75, 3.05) is 0 Å². The van der Waals surface area contributed by atoms with Gasteiger partial charge in [0.15, 0.2) is 5.82 Å². The molecule has 0 saturated carbocycles. The van der Waals surface area contributed by atoms with Gasteiger partial charge in [0.2, 0.25) is 0 Å². The van der Waals surface area contributed by atoms with Crippen LogP contribution in [-0.2, 0) is 12.8 Å². The molecule has 1 aromatic heterocycles. The van der Waals surface area contributed by atoms with Crippen LogP contribution in [0.3, 0.4) is 0 Å². The molecule has 3 rings (SSSR count). The van der Waals surface area contributed by atoms with Gasteiger partial charge in [0.1, 0.15) is 0 Å². The minimum absolute atomic E-state index is 0.750. The molecule has 1 aliphatic rings. The summed E-state index contributed by atoms with van der Waals surface area (Å²) in [5.74, 6) is 1.65. The predicted molar refractivity (Wildman–Crippen MR) is 111 cm³/mol. The average molecular weight is 371 g/mol. The van der Waals surface area contributed by atoms with Crippen molar-refractivity contribution in [3.63, 3.8) is 0 Å². The number of rotatable bonds is 9. The third-order valence-electron chi connectivity index (χ3n) is 5.57. The lowest BCUT2D eigenvalue weighted by atomic mass is 9.84. The number of fused-ring (bicyclic) bond motifs is 1. The van der Waals surface area contributed by atoms with E-state index in [9.17, 15) is 0 Å². The van der Waals surface area contributed by atoms with Gasteiger partial charge in [-0.05, 0) is 55.0 Å². The number of aromatic nitrogens is 2. The first kappa shape index (κ1) is 19.4. The van der Waals surface area contributed by atoms with Crippen molar-refractivity contribution in [1.82, 2.24) is 9.97 Å². The number of aryl methyl sites for hydroxylation is 1. The summed E-state index contributed by atoms with van der Waals surface area (Å²) in [4.78, 5) is 9.44. The van der Waals surface area contributed by atoms with Gasteiger partial charge < -0.3 is 0 Å². The molecular formula is C23H31ClN2. The SMILES string of the molecule is CCCCCCCCCC1CCc2nc(-c3ccc(Cl)cc3)ncc2C1. The van der Waals surface area contributed by atoms with Crippen molar-refractivity contribution in [3.8, 4) is 11.4 Å². The highest BCUT2D eigenvalue weighted by molar-refractivity contribution is 6.30. The van der Waals surface area contributed by atoms with E-state index in [1.165, 1.54) is 69.0 Å². The fourth-order valence-corrected chi connectivity index (χ4v) is 4.08. The van der Waals surface area contributed by atoms with Crippen LogP contribution in [0.25, 0.3) is 11.4 Å². The summed E-state index contributed by atoms with van der Waals surface area (Å²) in [5, 5.41) is 0.750. The number of unbranched alkanes of at least 4 members (excludes halogenated alkanes) is 6. The van der Waals surface area contributed by atoms with Crippen LogP contribution < -0.4 is 0 Å². The van der Waals surface area contributed by atoms with E-state index in [4.69, 9.17) is 16.6 Å². The summed E-state index contributed by atoms with van der Waals surface area (Å²) in [7, 11) is 0. The Kier molecular flexibility index (Phi) is 7.49. The summed E-state index contributed by atoms with van der Waals surface area (Å²) in [6.45, 7) is 2.28. The van der Waals surface area contributed by atoms with Crippen LogP contribution in [0.15, 0.2) is 30.5 Å². The smallest absolute Gasteiger partial charge is 0.159 e. The molecule has 0 spiro atoms. The van der Waals surface area contributed by atoms with Gasteiger partial charge in [-0.25, -0.2) is 9.97 Å². The minimum atomic E-state index is 0.750. The Morgan fingerprint density at radius 3 is 2.50 bits per heavy atom. The molecule has 0 aliphatic heterocycles. The zero-order valence-electron chi connectivity index (χ0n) is 16.0. The maximum Gasteiger partial charge on any atom is 0.159 e. The zero-order valence-corrected chi connectivity index (χ0v) is 16.8. The number of benzene rings is 1. The topological polar surface area (TPSA) is 25.8 Å². The maximum atomic E-state index is 5.97. The Labute approximate surface area is 163 Å². The Bertz CT molecular complexity index is 681. The maximum absolute atomic E-state index is 5.97. The van der Waals surface area contributed by atoms with Crippen molar-refractivity contribution < 1.29 is 0 Å². The van der Waals surface area contributed by atoms with Crippen molar-refractivity contribution in [2.24, 2.45) is 5.92 Å². The second kappa shape index (κ2) is 10.1. The molecule has 3 heteroatoms. The molecule has 0 N–H and O–H groups in total. The lowest BCUT2D eigenvalue weighted by molar-refractivity contribution is 0.399. The molecule has 2 nitrogen and oxygen atoms in total. The molecule has 1 unspecified atom stereocenters. The van der Waals surface area contributed by atoms with E-state index >= 15 is 0 Å². The number of hydrogen-bond donors (Lipinski definition) is 0. The average Bonchev–Trinajstić information content (AvgIpc) is 2.67. The third-order valence-corrected chi connectivity index (χ3v) is 5.82. The monoisotopic (exact) mass is 370 g/mol. The first-order valence-corrected chi connectivity index (χ1v) is 10.7. The van der Waals surface area contributed by atoms with Gasteiger partial charge in [-0.15, -0.1) is 0 Å². The Morgan fingerprint density at radius 2 is 1.73 bits per heavy atom. The highest BCUT2D eigenvalue weighted by Gasteiger charge is 2.20. The van der Waals surface area contributed by atoms with Crippen molar-refractivity contribution >= 4 is 11.6 Å². The molecule has 1 atom stereocenters. The second-order valence-electron chi connectivity index (χ2n) is 7.69. The molecule has 1 aliphatic carbocycles. The van der Waals surface area contributed by atoms with Crippen LogP contribution in [0.5, 0.6) is 0 Å². The van der Waals surface area contributed by atoms with E-state index in [-0.39, 0.29) is 0 Å². The van der Waals surface area contributed by atoms with E-state index in [0.29, 0.717) is 0 Å². The standard InChI is InChI=1S/C23H31ClN2/c1-2-3-4-5-6-7-8-9-18-10-15-22-20(16-18)17-25-23(26-22)19-11-13-21(24)14-12-19/h11-14,17-18H,2-10,15-16H2,1H3. The summed E-state index contributed by atoms with van der Waals surface area (Å²) in [6, 6.07) is 7.79. The van der Waals surface area contributed by atoms with E-state index in [1.807, 2.05) is 24.3 Å². The molecular weight excluding hydrogens is 340 g/mol. The zero-order chi connectivity index (χ0) is 18.2. The van der Waals surface area contributed by atoms with Gasteiger partial charge in [-0.2, -0.15) is 0 Å². The fourth-order valence-electron chi connectivity index (χ4n) is 3.96. The molecule has 0 bridgehead atoms. The summed E-state index contributed by atoms with van der Waals surface area (Å²) >= 11 is 5.97. The van der Waals surface area contributed by atoms with Gasteiger partial charge in [0, 0.05) is 22.5 Å². The molecule has 140 valence electrons. The minimum Gasteiger partial charge on any atom is -0.236 e. The molecule has 1 aromatic carbocycles. The van der Waals surface area contributed by atoms with E-state index in [1.54, 1.807) is 0 Å². The second-order valence-corrected chi connectivity index (χ2v) is 8.13. The van der Waals surface area contributed by atoms with Crippen LogP contribution in [0, 0.1) is 5.92 Å². The van der Waals surface area contributed by atoms with Crippen molar-refractivity contribution in [3.05, 3.63) is 46.7 Å². The van der Waals surface area contributed by atoms with Crippen LogP contribution in [-0.4, -0.2) is 9.97 Å². The third kappa shape index (κ3) is 5.54. The molecule has 0 fully saturated rings. The first-order chi connectivity index (χ1) is 12.8. The normalized spacial score (nSPS) is 16.5. The highest BCUT2D eigenvalue weighted by Crippen LogP contribution is 2.29. The summed E-state index contributed by atoms with van der Waals surface area (Å²) in [5.41, 5.74) is 3.66. The van der Waals surface area contributed by atoms with Crippen LogP contribution in [0.2, 0.25) is 5.02 Å². The van der Waals surface area contributed by atoms with Crippen LogP contribution in [0.4, 0.5) is 0 Å². The van der Waals surface area contributed by atoms with Gasteiger partial charge >= 0.3 is 0 Å². The Morgan fingerprint density at radius 1 is 1.00 bits per heavy atom. The Hall–Kier alpha value is -1.41. The quantitative estimate of drug-likeness (QED) is 0.442. The molecule has 2 aromatic rings. The molecule has 0 radical (unpaired) electrons. The van der Waals surface area contributed by atoms with E-state index < -0.39 is 0 Å². The fraction of sp³-hybridized carbons (Fsp3) is 0.565. The summed E-state index contributed by atoms with van der Waals surface area (Å²) in [6.07, 6.45) is 16.7. The van der Waals surface area contributed by atoms with Gasteiger partial charge in [-0.3, -0.25) is 0 Å². The van der Waals surface area contributed by atoms with Crippen molar-refractivity contribution in [1.29, 1.82) is 0 Å². The van der Waals surface area contributed by atoms with Gasteiger partial charge in [0.05, 0.1) is 0 Å². The van der Waals surface area contributed by atoms with E-state index in [2.05, 4.69) is 18.1 Å². The Balaban J connectivity index is 1.48. The van der Waals surface area contributed by atoms with Gasteiger partial charge in [0.25, 0.3) is 0 Å². The summed E-state index contributed by atoms with van der Waals surface area (Å²) < 4.78 is 0. The van der Waals surface area contributed by atoms with Crippen LogP contribution in [0.1, 0.15) is 76.0 Å². The molecule has 0 saturated heterocycles. The lowest BCUT2D eigenvalue weighted by Gasteiger charge is -2.24. The number of nitrogens with zero attached hydrogens (tertiary/aromatic N) is 2. The van der Waals surface area contributed by atoms with E-state index in [0.717, 1.165) is 35.2 Å². The van der Waals surface area contributed by atoms with Gasteiger partial charge in [-0.1, -0.05) is 69.9 Å². The van der Waals surface area contributed by atoms with Crippen molar-refractivity contribution in [2.45, 2.75) is 77.6 Å². The molecule has 1 heterocycles. The predicted octanol–water partition coefficient (Wildman–Crippen LogP) is 7.04. The molecule has 0 amide bonds. The molecule has 26 heavy (non-hydrogen) atoms. The van der Waals surface area contributed by atoms with Crippen LogP contribution >= 0.6 is 11.6 Å². The highest BCUT2D eigenvalue weighted by atomic mass is 35.5. The number of hydrogen-bond acceptors (Lipinski definition) is 2. The number of halogens is 1.